The standard InChI is InChI=1S/C15H22N4O.HI/c1-3-11(2)18-15(16)17-10-14(20)19-9-8-12-6-4-5-7-13(12)19;/h4-7,11H,3,8-10H2,1-2H3,(H3,16,17,18);1H. The summed E-state index contributed by atoms with van der Waals surface area (Å²) in [5.74, 6) is 0.323. The van der Waals surface area contributed by atoms with Gasteiger partial charge in [-0.3, -0.25) is 4.79 Å². The minimum absolute atomic E-state index is 0. The number of para-hydroxylation sites is 1. The Morgan fingerprint density at radius 1 is 1.48 bits per heavy atom. The lowest BCUT2D eigenvalue weighted by Gasteiger charge is -2.16. The number of benzene rings is 1. The molecule has 116 valence electrons. The molecule has 1 aliphatic heterocycles. The fourth-order valence-corrected chi connectivity index (χ4v) is 2.24. The van der Waals surface area contributed by atoms with Gasteiger partial charge in [0.15, 0.2) is 5.96 Å². The van der Waals surface area contributed by atoms with Crippen LogP contribution < -0.4 is 16.0 Å². The van der Waals surface area contributed by atoms with Crippen molar-refractivity contribution in [3.8, 4) is 0 Å². The predicted octanol–water partition coefficient (Wildman–Crippen LogP) is 1.90. The minimum Gasteiger partial charge on any atom is -0.370 e. The Labute approximate surface area is 143 Å². The molecule has 2 rings (SSSR count). The molecule has 21 heavy (non-hydrogen) atoms. The van der Waals surface area contributed by atoms with Gasteiger partial charge in [0.05, 0.1) is 0 Å². The SMILES string of the molecule is CCC(C)NC(N)=NCC(=O)N1CCc2ccccc21.I. The Hall–Kier alpha value is -1.31. The lowest BCUT2D eigenvalue weighted by atomic mass is 10.2. The van der Waals surface area contributed by atoms with E-state index in [-0.39, 0.29) is 42.5 Å². The molecule has 0 saturated carbocycles. The van der Waals surface area contributed by atoms with Crippen LogP contribution in [0.1, 0.15) is 25.8 Å². The molecule has 1 unspecified atom stereocenters. The number of rotatable bonds is 4. The van der Waals surface area contributed by atoms with Crippen LogP contribution in [0.15, 0.2) is 29.3 Å². The molecular weight excluding hydrogens is 379 g/mol. The molecule has 0 saturated heterocycles. The van der Waals surface area contributed by atoms with Crippen LogP contribution in [0.5, 0.6) is 0 Å². The number of carbonyl (C=O) groups is 1. The average Bonchev–Trinajstić information content (AvgIpc) is 2.88. The second kappa shape index (κ2) is 8.21. The minimum atomic E-state index is -0.0103. The van der Waals surface area contributed by atoms with Crippen LogP contribution in [0.25, 0.3) is 0 Å². The van der Waals surface area contributed by atoms with E-state index in [2.05, 4.69) is 23.3 Å². The monoisotopic (exact) mass is 402 g/mol. The molecule has 3 N–H and O–H groups in total. The highest BCUT2D eigenvalue weighted by Crippen LogP contribution is 2.27. The average molecular weight is 402 g/mol. The second-order valence-electron chi connectivity index (χ2n) is 5.08. The summed E-state index contributed by atoms with van der Waals surface area (Å²) < 4.78 is 0. The molecule has 1 amide bonds. The third-order valence-corrected chi connectivity index (χ3v) is 3.58. The van der Waals surface area contributed by atoms with E-state index in [9.17, 15) is 4.79 Å². The van der Waals surface area contributed by atoms with Crippen molar-refractivity contribution in [3.63, 3.8) is 0 Å². The highest BCUT2D eigenvalue weighted by atomic mass is 127. The van der Waals surface area contributed by atoms with Gasteiger partial charge in [-0.25, -0.2) is 4.99 Å². The molecule has 0 aromatic heterocycles. The van der Waals surface area contributed by atoms with Crippen LogP contribution in [0.4, 0.5) is 5.69 Å². The number of nitrogens with zero attached hydrogens (tertiary/aromatic N) is 2. The lowest BCUT2D eigenvalue weighted by Crippen LogP contribution is -2.39. The zero-order valence-electron chi connectivity index (χ0n) is 12.5. The van der Waals surface area contributed by atoms with Gasteiger partial charge in [-0.1, -0.05) is 25.1 Å². The zero-order valence-corrected chi connectivity index (χ0v) is 14.8. The Kier molecular flexibility index (Phi) is 6.94. The van der Waals surface area contributed by atoms with Crippen LogP contribution in [-0.2, 0) is 11.2 Å². The maximum absolute atomic E-state index is 12.2. The summed E-state index contributed by atoms with van der Waals surface area (Å²) in [5, 5.41) is 3.05. The number of aliphatic imine (C=N–C) groups is 1. The third kappa shape index (κ3) is 4.59. The van der Waals surface area contributed by atoms with Crippen molar-refractivity contribution in [2.75, 3.05) is 18.0 Å². The molecule has 1 aromatic rings. The number of nitrogens with two attached hydrogens (primary N) is 1. The van der Waals surface area contributed by atoms with E-state index in [1.807, 2.05) is 25.1 Å². The lowest BCUT2D eigenvalue weighted by molar-refractivity contribution is -0.117. The number of guanidine groups is 1. The fourth-order valence-electron chi connectivity index (χ4n) is 2.24. The first-order valence-electron chi connectivity index (χ1n) is 7.06. The Morgan fingerprint density at radius 3 is 2.90 bits per heavy atom. The number of anilines is 1. The molecule has 0 aliphatic carbocycles. The van der Waals surface area contributed by atoms with Gasteiger partial charge in [-0.15, -0.1) is 24.0 Å². The first kappa shape index (κ1) is 17.7. The first-order chi connectivity index (χ1) is 9.61. The highest BCUT2D eigenvalue weighted by Gasteiger charge is 2.23. The predicted molar refractivity (Wildman–Crippen MR) is 97.3 cm³/mol. The van der Waals surface area contributed by atoms with E-state index < -0.39 is 0 Å². The van der Waals surface area contributed by atoms with Crippen LogP contribution in [-0.4, -0.2) is 31.0 Å². The fraction of sp³-hybridized carbons (Fsp3) is 0.467. The number of halogens is 1. The highest BCUT2D eigenvalue weighted by molar-refractivity contribution is 14.0. The molecule has 1 heterocycles. The molecule has 1 aromatic carbocycles. The molecule has 0 radical (unpaired) electrons. The molecule has 1 atom stereocenters. The summed E-state index contributed by atoms with van der Waals surface area (Å²) in [5.41, 5.74) is 7.98. The van der Waals surface area contributed by atoms with E-state index >= 15 is 0 Å². The molecule has 1 aliphatic rings. The van der Waals surface area contributed by atoms with Gasteiger partial charge in [-0.2, -0.15) is 0 Å². The van der Waals surface area contributed by atoms with Crippen molar-refractivity contribution in [3.05, 3.63) is 29.8 Å². The summed E-state index contributed by atoms with van der Waals surface area (Å²) in [7, 11) is 0. The van der Waals surface area contributed by atoms with Gasteiger partial charge < -0.3 is 16.0 Å². The van der Waals surface area contributed by atoms with Gasteiger partial charge in [0.1, 0.15) is 6.54 Å². The van der Waals surface area contributed by atoms with Crippen LogP contribution in [0, 0.1) is 0 Å². The van der Waals surface area contributed by atoms with Crippen molar-refractivity contribution in [1.82, 2.24) is 5.32 Å². The number of amides is 1. The van der Waals surface area contributed by atoms with E-state index in [1.54, 1.807) is 4.90 Å². The van der Waals surface area contributed by atoms with Gasteiger partial charge in [-0.05, 0) is 31.4 Å². The van der Waals surface area contributed by atoms with E-state index in [0.29, 0.717) is 5.96 Å². The largest absolute Gasteiger partial charge is 0.370 e. The van der Waals surface area contributed by atoms with Crippen molar-refractivity contribution >= 4 is 41.5 Å². The van der Waals surface area contributed by atoms with E-state index in [4.69, 9.17) is 5.73 Å². The smallest absolute Gasteiger partial charge is 0.248 e. The van der Waals surface area contributed by atoms with E-state index in [1.165, 1.54) is 5.56 Å². The number of carbonyl (C=O) groups excluding carboxylic acids is 1. The maximum atomic E-state index is 12.2. The summed E-state index contributed by atoms with van der Waals surface area (Å²) in [6.07, 6.45) is 1.87. The topological polar surface area (TPSA) is 70.7 Å². The van der Waals surface area contributed by atoms with Crippen LogP contribution in [0.3, 0.4) is 0 Å². The summed E-state index contributed by atoms with van der Waals surface area (Å²) >= 11 is 0. The van der Waals surface area contributed by atoms with Crippen LogP contribution in [0.2, 0.25) is 0 Å². The third-order valence-electron chi connectivity index (χ3n) is 3.58. The molecule has 0 spiro atoms. The first-order valence-corrected chi connectivity index (χ1v) is 7.06. The number of fused-ring (bicyclic) bond motifs is 1. The molecule has 0 fully saturated rings. The van der Waals surface area contributed by atoms with Crippen molar-refractivity contribution in [2.24, 2.45) is 10.7 Å². The summed E-state index contributed by atoms with van der Waals surface area (Å²) in [6, 6.07) is 8.25. The summed E-state index contributed by atoms with van der Waals surface area (Å²) in [4.78, 5) is 18.1. The number of hydrogen-bond acceptors (Lipinski definition) is 2. The molecule has 5 nitrogen and oxygen atoms in total. The normalized spacial score (nSPS) is 15.1. The molecule has 0 bridgehead atoms. The number of nitrogens with one attached hydrogen (secondary N) is 1. The van der Waals surface area contributed by atoms with Crippen molar-refractivity contribution in [1.29, 1.82) is 0 Å². The quantitative estimate of drug-likeness (QED) is 0.459. The van der Waals surface area contributed by atoms with Crippen molar-refractivity contribution in [2.45, 2.75) is 32.7 Å². The van der Waals surface area contributed by atoms with E-state index in [0.717, 1.165) is 25.1 Å². The Morgan fingerprint density at radius 2 is 2.19 bits per heavy atom. The van der Waals surface area contributed by atoms with Gasteiger partial charge in [0.25, 0.3) is 0 Å². The summed E-state index contributed by atoms with van der Waals surface area (Å²) in [6.45, 7) is 4.91. The number of hydrogen-bond donors (Lipinski definition) is 2. The Balaban J connectivity index is 0.00000220. The second-order valence-corrected chi connectivity index (χ2v) is 5.08. The molecule has 6 heteroatoms. The van der Waals surface area contributed by atoms with Gasteiger partial charge in [0, 0.05) is 18.3 Å². The molecular formula is C15H23IN4O. The maximum Gasteiger partial charge on any atom is 0.248 e. The Bertz CT molecular complexity index is 518. The van der Waals surface area contributed by atoms with Crippen molar-refractivity contribution < 1.29 is 4.79 Å². The van der Waals surface area contributed by atoms with Crippen LogP contribution >= 0.6 is 24.0 Å². The van der Waals surface area contributed by atoms with Gasteiger partial charge >= 0.3 is 0 Å². The van der Waals surface area contributed by atoms with Gasteiger partial charge in [0.2, 0.25) is 5.91 Å². The zero-order chi connectivity index (χ0) is 14.5.